The lowest BCUT2D eigenvalue weighted by Gasteiger charge is -2.17. The first-order chi connectivity index (χ1) is 10.2. The van der Waals surface area contributed by atoms with Gasteiger partial charge in [0.15, 0.2) is 5.69 Å². The van der Waals surface area contributed by atoms with Crippen LogP contribution in [0.2, 0.25) is 0 Å². The van der Waals surface area contributed by atoms with E-state index in [0.29, 0.717) is 16.3 Å². The van der Waals surface area contributed by atoms with Crippen LogP contribution in [0.25, 0.3) is 5.00 Å². The molecule has 116 valence electrons. The van der Waals surface area contributed by atoms with Crippen molar-refractivity contribution in [1.82, 2.24) is 15.0 Å². The summed E-state index contributed by atoms with van der Waals surface area (Å²) in [5.74, 6) is -1.19. The molecule has 0 aliphatic rings. The van der Waals surface area contributed by atoms with Gasteiger partial charge in [-0.3, -0.25) is 0 Å². The fourth-order valence-electron chi connectivity index (χ4n) is 2.27. The second kappa shape index (κ2) is 5.54. The summed E-state index contributed by atoms with van der Waals surface area (Å²) >= 11 is 1.38. The first kappa shape index (κ1) is 16.2. The van der Waals surface area contributed by atoms with Gasteiger partial charge >= 0.3 is 5.97 Å². The molecule has 6 nitrogen and oxygen atoms in total. The molecule has 2 aromatic rings. The van der Waals surface area contributed by atoms with Gasteiger partial charge in [0.25, 0.3) is 0 Å². The summed E-state index contributed by atoms with van der Waals surface area (Å²) in [6.45, 7) is 9.87. The van der Waals surface area contributed by atoms with Crippen LogP contribution in [0.1, 0.15) is 67.8 Å². The molecule has 0 atom stereocenters. The van der Waals surface area contributed by atoms with Gasteiger partial charge in [0.05, 0.1) is 11.3 Å². The third kappa shape index (κ3) is 2.62. The maximum atomic E-state index is 11.3. The number of aromatic carboxylic acids is 1. The molecule has 0 aliphatic heterocycles. The van der Waals surface area contributed by atoms with E-state index in [4.69, 9.17) is 0 Å². The highest BCUT2D eigenvalue weighted by Gasteiger charge is 2.28. The summed E-state index contributed by atoms with van der Waals surface area (Å²) in [5.41, 5.74) is 1.72. The van der Waals surface area contributed by atoms with Gasteiger partial charge in [0.1, 0.15) is 11.1 Å². The Morgan fingerprint density at radius 2 is 2.09 bits per heavy atom. The molecule has 1 N–H and O–H groups in total. The van der Waals surface area contributed by atoms with Gasteiger partial charge in [-0.15, -0.1) is 16.4 Å². The smallest absolute Gasteiger partial charge is 0.358 e. The molecule has 0 unspecified atom stereocenters. The van der Waals surface area contributed by atoms with E-state index in [0.717, 1.165) is 5.56 Å². The van der Waals surface area contributed by atoms with E-state index in [1.54, 1.807) is 0 Å². The molecule has 7 heteroatoms. The molecular formula is C15H18N4O2S. The number of hydrogen-bond acceptors (Lipinski definition) is 5. The third-order valence-corrected chi connectivity index (χ3v) is 4.29. The predicted molar refractivity (Wildman–Crippen MR) is 83.7 cm³/mol. The summed E-state index contributed by atoms with van der Waals surface area (Å²) in [6.07, 6.45) is 0. The largest absolute Gasteiger partial charge is 0.476 e. The third-order valence-electron chi connectivity index (χ3n) is 3.34. The topological polar surface area (TPSA) is 91.8 Å². The van der Waals surface area contributed by atoms with Crippen LogP contribution in [0, 0.1) is 11.3 Å². The minimum absolute atomic E-state index is 0.0652. The predicted octanol–water partition coefficient (Wildman–Crippen LogP) is 3.32. The molecule has 0 bridgehead atoms. The summed E-state index contributed by atoms with van der Waals surface area (Å²) in [4.78, 5) is 11.3. The number of carboxylic acids is 1. The lowest BCUT2D eigenvalue weighted by molar-refractivity contribution is 0.0688. The van der Waals surface area contributed by atoms with Gasteiger partial charge < -0.3 is 5.11 Å². The highest BCUT2D eigenvalue weighted by Crippen LogP contribution is 2.35. The van der Waals surface area contributed by atoms with Crippen LogP contribution in [0.4, 0.5) is 0 Å². The number of nitrogens with zero attached hydrogens (tertiary/aromatic N) is 4. The monoisotopic (exact) mass is 318 g/mol. The second-order valence-corrected chi connectivity index (χ2v) is 7.24. The van der Waals surface area contributed by atoms with Gasteiger partial charge in [-0.05, 0) is 22.3 Å². The fourth-order valence-corrected chi connectivity index (χ4v) is 3.48. The Morgan fingerprint density at radius 1 is 1.45 bits per heavy atom. The Balaban J connectivity index is 2.72. The van der Waals surface area contributed by atoms with Crippen LogP contribution in [-0.2, 0) is 5.41 Å². The Hall–Kier alpha value is -2.20. The summed E-state index contributed by atoms with van der Waals surface area (Å²) < 4.78 is 1.49. The van der Waals surface area contributed by atoms with Crippen molar-refractivity contribution >= 4 is 17.3 Å². The molecule has 2 rings (SSSR count). The molecular weight excluding hydrogens is 300 g/mol. The normalized spacial score (nSPS) is 11.7. The van der Waals surface area contributed by atoms with Crippen molar-refractivity contribution < 1.29 is 9.90 Å². The second-order valence-electron chi connectivity index (χ2n) is 6.39. The molecule has 0 spiro atoms. The summed E-state index contributed by atoms with van der Waals surface area (Å²) in [5, 5.41) is 29.1. The fraction of sp³-hybridized carbons (Fsp3) is 0.467. The average molecular weight is 318 g/mol. The first-order valence-electron chi connectivity index (χ1n) is 6.89. The van der Waals surface area contributed by atoms with Crippen LogP contribution in [0.15, 0.2) is 5.38 Å². The summed E-state index contributed by atoms with van der Waals surface area (Å²) in [7, 11) is 0. The van der Waals surface area contributed by atoms with Gasteiger partial charge in [-0.1, -0.05) is 39.8 Å². The van der Waals surface area contributed by atoms with E-state index in [1.165, 1.54) is 16.0 Å². The zero-order valence-corrected chi connectivity index (χ0v) is 14.0. The molecule has 0 saturated carbocycles. The number of carbonyl (C=O) groups is 1. The molecule has 0 radical (unpaired) electrons. The Labute approximate surface area is 133 Å². The molecule has 22 heavy (non-hydrogen) atoms. The SMILES string of the molecule is CC(C)c1c(C(=O)O)nnn1-c1scc(C(C)(C)C)c1C#N. The van der Waals surface area contributed by atoms with E-state index in [1.807, 2.05) is 40.0 Å². The lowest BCUT2D eigenvalue weighted by atomic mass is 9.86. The van der Waals surface area contributed by atoms with Crippen molar-refractivity contribution in [2.45, 2.75) is 46.0 Å². The highest BCUT2D eigenvalue weighted by atomic mass is 32.1. The van der Waals surface area contributed by atoms with Gasteiger partial charge in [-0.2, -0.15) is 5.26 Å². The average Bonchev–Trinajstić information content (AvgIpc) is 3.00. The minimum Gasteiger partial charge on any atom is -0.476 e. The highest BCUT2D eigenvalue weighted by molar-refractivity contribution is 7.13. The molecule has 0 fully saturated rings. The van der Waals surface area contributed by atoms with Crippen molar-refractivity contribution in [2.75, 3.05) is 0 Å². The van der Waals surface area contributed by atoms with Crippen molar-refractivity contribution in [3.8, 4) is 11.1 Å². The number of carboxylic acid groups (broad SMARTS) is 1. The Bertz CT molecular complexity index is 760. The number of thiophene rings is 1. The van der Waals surface area contributed by atoms with Gasteiger partial charge in [0.2, 0.25) is 0 Å². The van der Waals surface area contributed by atoms with E-state index < -0.39 is 5.97 Å². The van der Waals surface area contributed by atoms with Crippen molar-refractivity contribution in [1.29, 1.82) is 5.26 Å². The number of hydrogen-bond donors (Lipinski definition) is 1. The van der Waals surface area contributed by atoms with Crippen LogP contribution in [0.3, 0.4) is 0 Å². The van der Waals surface area contributed by atoms with Crippen LogP contribution >= 0.6 is 11.3 Å². The van der Waals surface area contributed by atoms with E-state index in [-0.39, 0.29) is 17.0 Å². The Kier molecular flexibility index (Phi) is 4.07. The van der Waals surface area contributed by atoms with Gasteiger partial charge in [0, 0.05) is 0 Å². The lowest BCUT2D eigenvalue weighted by Crippen LogP contribution is -2.13. The van der Waals surface area contributed by atoms with Crippen molar-refractivity contribution in [3.63, 3.8) is 0 Å². The molecule has 0 aliphatic carbocycles. The van der Waals surface area contributed by atoms with E-state index >= 15 is 0 Å². The maximum Gasteiger partial charge on any atom is 0.358 e. The minimum atomic E-state index is -1.11. The quantitative estimate of drug-likeness (QED) is 0.937. The van der Waals surface area contributed by atoms with Gasteiger partial charge in [-0.25, -0.2) is 9.48 Å². The van der Waals surface area contributed by atoms with Crippen molar-refractivity contribution in [2.24, 2.45) is 0 Å². The first-order valence-corrected chi connectivity index (χ1v) is 7.77. The molecule has 2 aromatic heterocycles. The molecule has 0 amide bonds. The van der Waals surface area contributed by atoms with E-state index in [9.17, 15) is 15.2 Å². The number of nitriles is 1. The zero-order valence-electron chi connectivity index (χ0n) is 13.2. The molecule has 0 aromatic carbocycles. The van der Waals surface area contributed by atoms with Crippen LogP contribution in [-0.4, -0.2) is 26.1 Å². The molecule has 0 saturated heterocycles. The molecule has 2 heterocycles. The van der Waals surface area contributed by atoms with Crippen LogP contribution in [0.5, 0.6) is 0 Å². The standard InChI is InChI=1S/C15H18N4O2S/c1-8(2)12-11(14(20)21)17-18-19(12)13-9(6-16)10(7-22-13)15(3,4)5/h7-8H,1-5H3,(H,20,21). The Morgan fingerprint density at radius 3 is 2.55 bits per heavy atom. The van der Waals surface area contributed by atoms with Crippen LogP contribution < -0.4 is 0 Å². The van der Waals surface area contributed by atoms with E-state index in [2.05, 4.69) is 16.4 Å². The summed E-state index contributed by atoms with van der Waals surface area (Å²) in [6, 6.07) is 2.23. The number of rotatable bonds is 3. The zero-order chi connectivity index (χ0) is 16.7. The van der Waals surface area contributed by atoms with Crippen molar-refractivity contribution in [3.05, 3.63) is 27.9 Å². The maximum absolute atomic E-state index is 11.3. The number of aromatic nitrogens is 3.